The number of para-hydroxylation sites is 2. The fourth-order valence-corrected chi connectivity index (χ4v) is 3.81. The fraction of sp³-hybridized carbons (Fsp3) is 0.444. The van der Waals surface area contributed by atoms with Crippen molar-refractivity contribution in [1.29, 1.82) is 0 Å². The van der Waals surface area contributed by atoms with Crippen LogP contribution in [0, 0.1) is 0 Å². The molecule has 0 unspecified atom stereocenters. The summed E-state index contributed by atoms with van der Waals surface area (Å²) in [5.74, 6) is 1.49. The van der Waals surface area contributed by atoms with Gasteiger partial charge in [-0.3, -0.25) is 4.90 Å². The van der Waals surface area contributed by atoms with Crippen LogP contribution in [0.25, 0.3) is 5.69 Å². The Morgan fingerprint density at radius 3 is 2.27 bits per heavy atom. The number of aliphatic hydroxyl groups excluding tert-OH is 1. The molecule has 6 heteroatoms. The highest BCUT2D eigenvalue weighted by atomic mass is 16.5. The molecule has 178 valence electrons. The quantitative estimate of drug-likeness (QED) is 0.386. The summed E-state index contributed by atoms with van der Waals surface area (Å²) in [6, 6.07) is 20.2. The summed E-state index contributed by atoms with van der Waals surface area (Å²) in [5.41, 5.74) is 3.00. The number of ether oxygens (including phenoxy) is 2. The van der Waals surface area contributed by atoms with Crippen molar-refractivity contribution >= 4 is 0 Å². The molecule has 0 saturated carbocycles. The van der Waals surface area contributed by atoms with Crippen molar-refractivity contribution in [2.24, 2.45) is 0 Å². The van der Waals surface area contributed by atoms with Crippen molar-refractivity contribution < 1.29 is 14.6 Å². The van der Waals surface area contributed by atoms with Crippen molar-refractivity contribution in [2.75, 3.05) is 19.8 Å². The SMILES string of the molecule is CCOC[C@H](O)CN(Cc1c(CC)nn(-c2ccccc2)c1Oc1ccccc1)[C@H](C)CC. The van der Waals surface area contributed by atoms with Crippen LogP contribution in [0.3, 0.4) is 0 Å². The molecule has 0 aliphatic heterocycles. The van der Waals surface area contributed by atoms with Crippen LogP contribution in [0.5, 0.6) is 11.6 Å². The summed E-state index contributed by atoms with van der Waals surface area (Å²) in [6.45, 7) is 10.5. The number of benzene rings is 2. The second-order valence-electron chi connectivity index (χ2n) is 8.25. The van der Waals surface area contributed by atoms with Gasteiger partial charge >= 0.3 is 0 Å². The van der Waals surface area contributed by atoms with Gasteiger partial charge in [-0.05, 0) is 51.0 Å². The summed E-state index contributed by atoms with van der Waals surface area (Å²) in [5, 5.41) is 15.5. The third-order valence-corrected chi connectivity index (χ3v) is 5.85. The van der Waals surface area contributed by atoms with Gasteiger partial charge in [-0.15, -0.1) is 0 Å². The number of nitrogens with zero attached hydrogens (tertiary/aromatic N) is 3. The van der Waals surface area contributed by atoms with E-state index in [1.165, 1.54) is 0 Å². The van der Waals surface area contributed by atoms with Crippen LogP contribution in [0.1, 0.15) is 45.4 Å². The van der Waals surface area contributed by atoms with E-state index in [1.54, 1.807) is 0 Å². The summed E-state index contributed by atoms with van der Waals surface area (Å²) >= 11 is 0. The Bertz CT molecular complexity index is 960. The highest BCUT2D eigenvalue weighted by molar-refractivity contribution is 5.43. The van der Waals surface area contributed by atoms with Gasteiger partial charge in [0.1, 0.15) is 5.75 Å². The standard InChI is InChI=1S/C27H37N3O3/c1-5-21(4)29(18-23(31)20-32-7-3)19-25-26(6-2)28-30(22-14-10-8-11-15-22)27(25)33-24-16-12-9-13-17-24/h8-17,21,23,31H,5-7,18-20H2,1-4H3/t21-,23-/m1/s1. The van der Waals surface area contributed by atoms with Crippen molar-refractivity contribution in [3.63, 3.8) is 0 Å². The third-order valence-electron chi connectivity index (χ3n) is 5.85. The lowest BCUT2D eigenvalue weighted by molar-refractivity contribution is 0.0111. The van der Waals surface area contributed by atoms with Gasteiger partial charge in [0.2, 0.25) is 5.88 Å². The van der Waals surface area contributed by atoms with E-state index in [2.05, 4.69) is 25.7 Å². The lowest BCUT2D eigenvalue weighted by Gasteiger charge is -2.30. The Labute approximate surface area is 197 Å². The molecule has 1 N–H and O–H groups in total. The van der Waals surface area contributed by atoms with Crippen LogP contribution in [0.4, 0.5) is 0 Å². The smallest absolute Gasteiger partial charge is 0.227 e. The molecule has 0 fully saturated rings. The minimum atomic E-state index is -0.549. The lowest BCUT2D eigenvalue weighted by Crippen LogP contribution is -2.40. The summed E-state index contributed by atoms with van der Waals surface area (Å²) in [4.78, 5) is 2.30. The zero-order valence-electron chi connectivity index (χ0n) is 20.3. The first-order chi connectivity index (χ1) is 16.1. The second kappa shape index (κ2) is 12.5. The number of aromatic nitrogens is 2. The average Bonchev–Trinajstić information content (AvgIpc) is 3.19. The van der Waals surface area contributed by atoms with E-state index in [0.717, 1.165) is 41.4 Å². The molecule has 3 aromatic rings. The van der Waals surface area contributed by atoms with Gasteiger partial charge in [0, 0.05) is 25.7 Å². The highest BCUT2D eigenvalue weighted by Crippen LogP contribution is 2.32. The first-order valence-electron chi connectivity index (χ1n) is 12.0. The second-order valence-corrected chi connectivity index (χ2v) is 8.25. The Balaban J connectivity index is 2.01. The molecule has 0 radical (unpaired) electrons. The molecule has 0 spiro atoms. The van der Waals surface area contributed by atoms with E-state index in [9.17, 15) is 5.11 Å². The third kappa shape index (κ3) is 6.67. The molecule has 33 heavy (non-hydrogen) atoms. The van der Waals surface area contributed by atoms with Gasteiger partial charge in [0.15, 0.2) is 0 Å². The highest BCUT2D eigenvalue weighted by Gasteiger charge is 2.25. The summed E-state index contributed by atoms with van der Waals surface area (Å²) in [7, 11) is 0. The van der Waals surface area contributed by atoms with Crippen molar-refractivity contribution in [2.45, 2.75) is 59.2 Å². The molecule has 0 aliphatic carbocycles. The molecular weight excluding hydrogens is 414 g/mol. The maximum absolute atomic E-state index is 10.6. The van der Waals surface area contributed by atoms with Gasteiger partial charge in [-0.25, -0.2) is 4.68 Å². The van der Waals surface area contributed by atoms with E-state index < -0.39 is 6.10 Å². The molecule has 2 atom stereocenters. The zero-order chi connectivity index (χ0) is 23.6. The normalized spacial score (nSPS) is 13.3. The molecule has 1 heterocycles. The van der Waals surface area contributed by atoms with Crippen LogP contribution in [0.15, 0.2) is 60.7 Å². The number of aryl methyl sites for hydroxylation is 1. The minimum Gasteiger partial charge on any atom is -0.439 e. The predicted molar refractivity (Wildman–Crippen MR) is 132 cm³/mol. The van der Waals surface area contributed by atoms with Gasteiger partial charge < -0.3 is 14.6 Å². The van der Waals surface area contributed by atoms with E-state index >= 15 is 0 Å². The van der Waals surface area contributed by atoms with E-state index in [1.807, 2.05) is 72.3 Å². The summed E-state index contributed by atoms with van der Waals surface area (Å²) in [6.07, 6.45) is 1.22. The molecule has 0 saturated heterocycles. The maximum Gasteiger partial charge on any atom is 0.227 e. The van der Waals surface area contributed by atoms with E-state index in [0.29, 0.717) is 26.3 Å². The molecule has 6 nitrogen and oxygen atoms in total. The van der Waals surface area contributed by atoms with Crippen LogP contribution in [-0.2, 0) is 17.7 Å². The Morgan fingerprint density at radius 2 is 1.67 bits per heavy atom. The molecule has 2 aromatic carbocycles. The predicted octanol–water partition coefficient (Wildman–Crippen LogP) is 5.22. The Kier molecular flexibility index (Phi) is 9.48. The molecule has 0 bridgehead atoms. The van der Waals surface area contributed by atoms with Crippen LogP contribution in [0.2, 0.25) is 0 Å². The van der Waals surface area contributed by atoms with Crippen LogP contribution in [-0.4, -0.2) is 51.7 Å². The number of hydrogen-bond acceptors (Lipinski definition) is 5. The average molecular weight is 452 g/mol. The van der Waals surface area contributed by atoms with Crippen molar-refractivity contribution in [1.82, 2.24) is 14.7 Å². The first kappa shape index (κ1) is 25.0. The van der Waals surface area contributed by atoms with Gasteiger partial charge in [0.05, 0.1) is 29.7 Å². The van der Waals surface area contributed by atoms with Gasteiger partial charge in [-0.1, -0.05) is 50.2 Å². The van der Waals surface area contributed by atoms with Crippen LogP contribution < -0.4 is 4.74 Å². The molecule has 1 aromatic heterocycles. The monoisotopic (exact) mass is 451 g/mol. The molecule has 0 amide bonds. The lowest BCUT2D eigenvalue weighted by atomic mass is 10.1. The fourth-order valence-electron chi connectivity index (χ4n) is 3.81. The topological polar surface area (TPSA) is 59.8 Å². The number of hydrogen-bond donors (Lipinski definition) is 1. The Hall–Kier alpha value is -2.67. The van der Waals surface area contributed by atoms with Crippen molar-refractivity contribution in [3.05, 3.63) is 71.9 Å². The molecule has 0 aliphatic rings. The number of aliphatic hydroxyl groups is 1. The summed E-state index contributed by atoms with van der Waals surface area (Å²) < 4.78 is 13.8. The molecular formula is C27H37N3O3. The number of rotatable bonds is 13. The van der Waals surface area contributed by atoms with Gasteiger partial charge in [0.25, 0.3) is 0 Å². The van der Waals surface area contributed by atoms with Gasteiger partial charge in [-0.2, -0.15) is 5.10 Å². The van der Waals surface area contributed by atoms with Crippen LogP contribution >= 0.6 is 0 Å². The van der Waals surface area contributed by atoms with E-state index in [-0.39, 0.29) is 6.04 Å². The van der Waals surface area contributed by atoms with Crippen molar-refractivity contribution in [3.8, 4) is 17.3 Å². The zero-order valence-corrected chi connectivity index (χ0v) is 20.3. The minimum absolute atomic E-state index is 0.288. The first-order valence-corrected chi connectivity index (χ1v) is 12.0. The van der Waals surface area contributed by atoms with E-state index in [4.69, 9.17) is 14.6 Å². The Morgan fingerprint density at radius 1 is 1.00 bits per heavy atom. The largest absolute Gasteiger partial charge is 0.439 e. The maximum atomic E-state index is 10.6. The molecule has 3 rings (SSSR count).